The highest BCUT2D eigenvalue weighted by molar-refractivity contribution is 9.10. The van der Waals surface area contributed by atoms with Crippen LogP contribution >= 0.6 is 27.5 Å². The van der Waals surface area contributed by atoms with Crippen molar-refractivity contribution in [1.82, 2.24) is 4.31 Å². The van der Waals surface area contributed by atoms with Gasteiger partial charge in [-0.25, -0.2) is 8.42 Å². The van der Waals surface area contributed by atoms with Crippen molar-refractivity contribution in [2.45, 2.75) is 17.9 Å². The van der Waals surface area contributed by atoms with Gasteiger partial charge in [-0.1, -0.05) is 57.9 Å². The first kappa shape index (κ1) is 16.5. The van der Waals surface area contributed by atoms with Crippen molar-refractivity contribution in [3.05, 3.63) is 63.6 Å². The van der Waals surface area contributed by atoms with E-state index in [2.05, 4.69) is 15.9 Å². The van der Waals surface area contributed by atoms with Crippen LogP contribution in [0.1, 0.15) is 18.5 Å². The van der Waals surface area contributed by atoms with E-state index in [4.69, 9.17) is 11.6 Å². The van der Waals surface area contributed by atoms with Gasteiger partial charge in [0.25, 0.3) is 0 Å². The van der Waals surface area contributed by atoms with E-state index in [0.29, 0.717) is 0 Å². The molecule has 0 amide bonds. The number of hydrogen-bond acceptors (Lipinski definition) is 2. The van der Waals surface area contributed by atoms with E-state index in [-0.39, 0.29) is 16.0 Å². The molecule has 0 unspecified atom stereocenters. The third kappa shape index (κ3) is 3.48. The minimum absolute atomic E-state index is 0.109. The van der Waals surface area contributed by atoms with Crippen LogP contribution in [-0.2, 0) is 10.0 Å². The number of nitrogens with zero attached hydrogens (tertiary/aromatic N) is 1. The van der Waals surface area contributed by atoms with Gasteiger partial charge in [0.2, 0.25) is 10.0 Å². The van der Waals surface area contributed by atoms with E-state index in [1.165, 1.54) is 10.4 Å². The third-order valence-electron chi connectivity index (χ3n) is 3.38. The minimum Gasteiger partial charge on any atom is -0.207 e. The predicted molar refractivity (Wildman–Crippen MR) is 89.0 cm³/mol. The Morgan fingerprint density at radius 1 is 1.14 bits per heavy atom. The maximum atomic E-state index is 12.7. The molecule has 21 heavy (non-hydrogen) atoms. The summed E-state index contributed by atoms with van der Waals surface area (Å²) in [7, 11) is -2.09. The lowest BCUT2D eigenvalue weighted by Crippen LogP contribution is -2.30. The Morgan fingerprint density at radius 2 is 1.76 bits per heavy atom. The zero-order valence-corrected chi connectivity index (χ0v) is 14.8. The molecule has 2 rings (SSSR count). The normalized spacial score (nSPS) is 13.4. The van der Waals surface area contributed by atoms with E-state index < -0.39 is 10.0 Å². The molecule has 0 aliphatic heterocycles. The summed E-state index contributed by atoms with van der Waals surface area (Å²) < 4.78 is 27.5. The molecular formula is C15H15BrClNO2S. The van der Waals surface area contributed by atoms with Gasteiger partial charge in [0.1, 0.15) is 4.90 Å². The largest absolute Gasteiger partial charge is 0.244 e. The molecule has 2 aromatic rings. The van der Waals surface area contributed by atoms with Crippen LogP contribution in [0.5, 0.6) is 0 Å². The van der Waals surface area contributed by atoms with Crippen molar-refractivity contribution < 1.29 is 8.42 Å². The molecule has 0 saturated carbocycles. The van der Waals surface area contributed by atoms with Crippen LogP contribution in [0.2, 0.25) is 5.02 Å². The molecule has 3 nitrogen and oxygen atoms in total. The predicted octanol–water partition coefficient (Wildman–Crippen LogP) is 4.48. The molecule has 0 saturated heterocycles. The van der Waals surface area contributed by atoms with Gasteiger partial charge >= 0.3 is 0 Å². The molecule has 1 atom stereocenters. The summed E-state index contributed by atoms with van der Waals surface area (Å²) in [5.74, 6) is 0. The fraction of sp³-hybridized carbons (Fsp3) is 0.200. The van der Waals surface area contributed by atoms with Crippen molar-refractivity contribution in [3.63, 3.8) is 0 Å². The van der Waals surface area contributed by atoms with Crippen LogP contribution in [-0.4, -0.2) is 19.8 Å². The zero-order chi connectivity index (χ0) is 15.6. The summed E-state index contributed by atoms with van der Waals surface area (Å²) in [6, 6.07) is 14.0. The molecule has 0 aromatic heterocycles. The van der Waals surface area contributed by atoms with Gasteiger partial charge < -0.3 is 0 Å². The summed E-state index contributed by atoms with van der Waals surface area (Å²) in [6.07, 6.45) is 0. The van der Waals surface area contributed by atoms with E-state index in [1.807, 2.05) is 37.3 Å². The molecule has 112 valence electrons. The van der Waals surface area contributed by atoms with Gasteiger partial charge in [0.15, 0.2) is 0 Å². The average molecular weight is 389 g/mol. The van der Waals surface area contributed by atoms with Crippen molar-refractivity contribution >= 4 is 37.6 Å². The van der Waals surface area contributed by atoms with Crippen LogP contribution in [0.15, 0.2) is 57.9 Å². The molecule has 0 aliphatic rings. The molecular weight excluding hydrogens is 374 g/mol. The van der Waals surface area contributed by atoms with E-state index in [1.54, 1.807) is 19.2 Å². The SMILES string of the molecule is C[C@H](c1ccccc1)N(C)S(=O)(=O)c1ccc(Br)cc1Cl. The lowest BCUT2D eigenvalue weighted by molar-refractivity contribution is 0.398. The van der Waals surface area contributed by atoms with E-state index >= 15 is 0 Å². The van der Waals surface area contributed by atoms with Crippen molar-refractivity contribution in [2.24, 2.45) is 0 Å². The second kappa shape index (κ2) is 6.48. The van der Waals surface area contributed by atoms with E-state index in [0.717, 1.165) is 10.0 Å². The Morgan fingerprint density at radius 3 is 2.33 bits per heavy atom. The van der Waals surface area contributed by atoms with Crippen molar-refractivity contribution in [3.8, 4) is 0 Å². The third-order valence-corrected chi connectivity index (χ3v) is 6.28. The number of halogens is 2. The standard InChI is InChI=1S/C15H15BrClNO2S/c1-11(12-6-4-3-5-7-12)18(2)21(19,20)15-9-8-13(16)10-14(15)17/h3-11H,1-2H3/t11-/m1/s1. The summed E-state index contributed by atoms with van der Waals surface area (Å²) in [4.78, 5) is 0.109. The first-order valence-electron chi connectivity index (χ1n) is 6.32. The Balaban J connectivity index is 2.39. The average Bonchev–Trinajstić information content (AvgIpc) is 2.46. The molecule has 2 aromatic carbocycles. The zero-order valence-electron chi connectivity index (χ0n) is 11.6. The Labute approximate surface area is 138 Å². The van der Waals surface area contributed by atoms with Crippen molar-refractivity contribution in [1.29, 1.82) is 0 Å². The maximum absolute atomic E-state index is 12.7. The van der Waals surface area contributed by atoms with Crippen LogP contribution in [0, 0.1) is 0 Å². The van der Waals surface area contributed by atoms with E-state index in [9.17, 15) is 8.42 Å². The summed E-state index contributed by atoms with van der Waals surface area (Å²) >= 11 is 9.35. The van der Waals surface area contributed by atoms with Crippen molar-refractivity contribution in [2.75, 3.05) is 7.05 Å². The topological polar surface area (TPSA) is 37.4 Å². The smallest absolute Gasteiger partial charge is 0.207 e. The lowest BCUT2D eigenvalue weighted by Gasteiger charge is -2.25. The molecule has 0 N–H and O–H groups in total. The number of sulfonamides is 1. The first-order valence-corrected chi connectivity index (χ1v) is 8.93. The lowest BCUT2D eigenvalue weighted by atomic mass is 10.1. The molecule has 0 heterocycles. The molecule has 0 spiro atoms. The summed E-state index contributed by atoms with van der Waals surface area (Å²) in [5, 5.41) is 0.205. The van der Waals surface area contributed by atoms with Gasteiger partial charge in [0.05, 0.1) is 5.02 Å². The Hall–Kier alpha value is -0.880. The van der Waals surface area contributed by atoms with Crippen LogP contribution in [0.3, 0.4) is 0 Å². The van der Waals surface area contributed by atoms with Crippen LogP contribution in [0.4, 0.5) is 0 Å². The monoisotopic (exact) mass is 387 g/mol. The highest BCUT2D eigenvalue weighted by atomic mass is 79.9. The van der Waals surface area contributed by atoms with Crippen LogP contribution < -0.4 is 0 Å². The molecule has 0 aliphatic carbocycles. The van der Waals surface area contributed by atoms with Crippen LogP contribution in [0.25, 0.3) is 0 Å². The maximum Gasteiger partial charge on any atom is 0.244 e. The fourth-order valence-electron chi connectivity index (χ4n) is 1.99. The number of rotatable bonds is 4. The van der Waals surface area contributed by atoms with Gasteiger partial charge in [-0.2, -0.15) is 4.31 Å². The second-order valence-electron chi connectivity index (χ2n) is 4.68. The van der Waals surface area contributed by atoms with Gasteiger partial charge in [-0.05, 0) is 30.7 Å². The highest BCUT2D eigenvalue weighted by Crippen LogP contribution is 2.31. The molecule has 0 fully saturated rings. The second-order valence-corrected chi connectivity index (χ2v) is 7.97. The van der Waals surface area contributed by atoms with Gasteiger partial charge in [-0.3, -0.25) is 0 Å². The highest BCUT2D eigenvalue weighted by Gasteiger charge is 2.28. The van der Waals surface area contributed by atoms with Gasteiger partial charge in [0, 0.05) is 17.6 Å². The number of benzene rings is 2. The quantitative estimate of drug-likeness (QED) is 0.774. The fourth-order valence-corrected chi connectivity index (χ4v) is 4.35. The first-order chi connectivity index (χ1) is 9.84. The number of hydrogen-bond donors (Lipinski definition) is 0. The molecule has 0 radical (unpaired) electrons. The molecule has 6 heteroatoms. The van der Waals surface area contributed by atoms with Gasteiger partial charge in [-0.15, -0.1) is 0 Å². The minimum atomic E-state index is -3.65. The molecule has 0 bridgehead atoms. The Bertz CT molecular complexity index is 735. The Kier molecular flexibility index (Phi) is 5.09. The summed E-state index contributed by atoms with van der Waals surface area (Å²) in [6.45, 7) is 1.85. The summed E-state index contributed by atoms with van der Waals surface area (Å²) in [5.41, 5.74) is 0.928.